The summed E-state index contributed by atoms with van der Waals surface area (Å²) in [5.74, 6) is 1.24. The van der Waals surface area contributed by atoms with Crippen LogP contribution in [0.15, 0.2) is 4.99 Å². The first kappa shape index (κ1) is 22.9. The Morgan fingerprint density at radius 1 is 1.30 bits per heavy atom. The summed E-state index contributed by atoms with van der Waals surface area (Å²) in [6, 6.07) is 0.452. The van der Waals surface area contributed by atoms with E-state index in [1.54, 1.807) is 0 Å². The van der Waals surface area contributed by atoms with E-state index in [1.165, 1.54) is 0 Å². The van der Waals surface area contributed by atoms with Gasteiger partial charge in [0, 0.05) is 25.7 Å². The number of morpholine rings is 1. The Bertz CT molecular complexity index is 320. The van der Waals surface area contributed by atoms with Crippen LogP contribution < -0.4 is 11.1 Å². The fraction of sp³-hybridized carbons (Fsp3) is 0.938. The van der Waals surface area contributed by atoms with Crippen molar-refractivity contribution in [2.75, 3.05) is 60.0 Å². The van der Waals surface area contributed by atoms with Crippen molar-refractivity contribution >= 4 is 29.9 Å². The summed E-state index contributed by atoms with van der Waals surface area (Å²) in [6.07, 6.45) is 2.22. The molecular formula is C16H36IN5O. The number of rotatable bonds is 9. The number of aliphatic imine (C=N–C) groups is 1. The Morgan fingerprint density at radius 2 is 1.96 bits per heavy atom. The van der Waals surface area contributed by atoms with Gasteiger partial charge in [0.15, 0.2) is 5.96 Å². The van der Waals surface area contributed by atoms with Gasteiger partial charge in [-0.05, 0) is 39.4 Å². The molecule has 1 atom stereocenters. The highest BCUT2D eigenvalue weighted by molar-refractivity contribution is 14.0. The van der Waals surface area contributed by atoms with E-state index in [-0.39, 0.29) is 24.0 Å². The maximum Gasteiger partial charge on any atom is 0.188 e. The van der Waals surface area contributed by atoms with Gasteiger partial charge < -0.3 is 20.7 Å². The second-order valence-electron chi connectivity index (χ2n) is 6.71. The number of hydrogen-bond donors (Lipinski definition) is 2. The Hall–Kier alpha value is -0.120. The van der Waals surface area contributed by atoms with Gasteiger partial charge in [0.1, 0.15) is 0 Å². The van der Waals surface area contributed by atoms with E-state index >= 15 is 0 Å². The van der Waals surface area contributed by atoms with Crippen molar-refractivity contribution < 1.29 is 4.74 Å². The zero-order chi connectivity index (χ0) is 16.4. The molecule has 0 aromatic carbocycles. The highest BCUT2D eigenvalue weighted by Gasteiger charge is 2.13. The van der Waals surface area contributed by atoms with Crippen LogP contribution in [0.25, 0.3) is 0 Å². The maximum atomic E-state index is 5.96. The molecule has 138 valence electrons. The monoisotopic (exact) mass is 441 g/mol. The third-order valence-corrected chi connectivity index (χ3v) is 4.01. The van der Waals surface area contributed by atoms with Crippen molar-refractivity contribution in [3.05, 3.63) is 0 Å². The van der Waals surface area contributed by atoms with Crippen LogP contribution in [0.4, 0.5) is 0 Å². The molecule has 0 radical (unpaired) electrons. The summed E-state index contributed by atoms with van der Waals surface area (Å²) in [7, 11) is 4.21. The molecule has 1 rings (SSSR count). The first-order chi connectivity index (χ1) is 10.5. The van der Waals surface area contributed by atoms with Crippen molar-refractivity contribution in [1.29, 1.82) is 0 Å². The predicted octanol–water partition coefficient (Wildman–Crippen LogP) is 1.21. The molecule has 7 heteroatoms. The highest BCUT2D eigenvalue weighted by atomic mass is 127. The van der Waals surface area contributed by atoms with Crippen molar-refractivity contribution in [2.24, 2.45) is 16.6 Å². The van der Waals surface area contributed by atoms with Gasteiger partial charge in [-0.2, -0.15) is 0 Å². The number of ether oxygens (including phenoxy) is 1. The summed E-state index contributed by atoms with van der Waals surface area (Å²) in [5.41, 5.74) is 5.96. The highest BCUT2D eigenvalue weighted by Crippen LogP contribution is 2.09. The first-order valence-electron chi connectivity index (χ1n) is 8.49. The molecule has 0 saturated carbocycles. The van der Waals surface area contributed by atoms with Gasteiger partial charge in [0.25, 0.3) is 0 Å². The van der Waals surface area contributed by atoms with Crippen LogP contribution in [0.2, 0.25) is 0 Å². The molecule has 1 unspecified atom stereocenters. The lowest BCUT2D eigenvalue weighted by atomic mass is 10.0. The Morgan fingerprint density at radius 3 is 2.52 bits per heavy atom. The minimum atomic E-state index is 0. The number of likely N-dealkylation sites (N-methyl/N-ethyl adjacent to an activating group) is 1. The van der Waals surface area contributed by atoms with Gasteiger partial charge in [-0.3, -0.25) is 9.89 Å². The maximum absolute atomic E-state index is 5.96. The molecule has 6 nitrogen and oxygen atoms in total. The lowest BCUT2D eigenvalue weighted by molar-refractivity contribution is 0.0376. The molecule has 0 amide bonds. The van der Waals surface area contributed by atoms with E-state index in [9.17, 15) is 0 Å². The van der Waals surface area contributed by atoms with Crippen LogP contribution in [-0.4, -0.2) is 81.8 Å². The third-order valence-electron chi connectivity index (χ3n) is 4.01. The summed E-state index contributed by atoms with van der Waals surface area (Å²) in [6.45, 7) is 11.0. The standard InChI is InChI=1S/C16H35N5O.HI/c1-14(2)12-15(20(3)4)13-19-16(17)18-6-5-7-21-8-10-22-11-9-21;/h14-15H,5-13H2,1-4H3,(H3,17,18,19);1H. The number of nitrogens with two attached hydrogens (primary N) is 1. The molecule has 1 heterocycles. The normalized spacial score (nSPS) is 18.1. The smallest absolute Gasteiger partial charge is 0.188 e. The van der Waals surface area contributed by atoms with Gasteiger partial charge in [-0.15, -0.1) is 24.0 Å². The van der Waals surface area contributed by atoms with Gasteiger partial charge >= 0.3 is 0 Å². The summed E-state index contributed by atoms with van der Waals surface area (Å²) in [5, 5.41) is 3.22. The fourth-order valence-corrected chi connectivity index (χ4v) is 2.60. The van der Waals surface area contributed by atoms with Gasteiger partial charge in [-0.1, -0.05) is 13.8 Å². The van der Waals surface area contributed by atoms with Crippen molar-refractivity contribution in [3.63, 3.8) is 0 Å². The molecule has 23 heavy (non-hydrogen) atoms. The van der Waals surface area contributed by atoms with Crippen LogP contribution >= 0.6 is 24.0 Å². The molecule has 1 saturated heterocycles. The number of nitrogens with one attached hydrogen (secondary N) is 1. The topological polar surface area (TPSA) is 66.1 Å². The predicted molar refractivity (Wildman–Crippen MR) is 109 cm³/mol. The molecule has 1 aliphatic rings. The van der Waals surface area contributed by atoms with Crippen molar-refractivity contribution in [2.45, 2.75) is 32.7 Å². The van der Waals surface area contributed by atoms with Gasteiger partial charge in [-0.25, -0.2) is 0 Å². The van der Waals surface area contributed by atoms with E-state index in [0.29, 0.717) is 17.9 Å². The SMILES string of the molecule is CC(C)CC(CN=C(N)NCCCN1CCOCC1)N(C)C.I. The minimum Gasteiger partial charge on any atom is -0.379 e. The molecule has 0 aliphatic carbocycles. The molecule has 1 aliphatic heterocycles. The molecule has 1 fully saturated rings. The largest absolute Gasteiger partial charge is 0.379 e. The van der Waals surface area contributed by atoms with E-state index in [1.807, 2.05) is 0 Å². The average molecular weight is 441 g/mol. The lowest BCUT2D eigenvalue weighted by Crippen LogP contribution is -2.39. The quantitative estimate of drug-likeness (QED) is 0.244. The third kappa shape index (κ3) is 11.1. The Labute approximate surface area is 159 Å². The van der Waals surface area contributed by atoms with Crippen LogP contribution in [0.1, 0.15) is 26.7 Å². The minimum absolute atomic E-state index is 0. The Kier molecular flexibility index (Phi) is 13.1. The second kappa shape index (κ2) is 13.2. The van der Waals surface area contributed by atoms with Gasteiger partial charge in [0.05, 0.1) is 19.8 Å². The zero-order valence-electron chi connectivity index (χ0n) is 15.3. The van der Waals surface area contributed by atoms with Crippen LogP contribution in [-0.2, 0) is 4.74 Å². The second-order valence-corrected chi connectivity index (χ2v) is 6.71. The average Bonchev–Trinajstić information content (AvgIpc) is 2.48. The van der Waals surface area contributed by atoms with Crippen LogP contribution in [0.5, 0.6) is 0 Å². The van der Waals surface area contributed by atoms with Crippen molar-refractivity contribution in [3.8, 4) is 0 Å². The summed E-state index contributed by atoms with van der Waals surface area (Å²) in [4.78, 5) is 9.16. The van der Waals surface area contributed by atoms with E-state index < -0.39 is 0 Å². The van der Waals surface area contributed by atoms with Gasteiger partial charge in [0.2, 0.25) is 0 Å². The van der Waals surface area contributed by atoms with Crippen LogP contribution in [0.3, 0.4) is 0 Å². The molecule has 0 aromatic heterocycles. The molecule has 0 bridgehead atoms. The molecule has 0 spiro atoms. The number of halogens is 1. The summed E-state index contributed by atoms with van der Waals surface area (Å²) < 4.78 is 5.34. The van der Waals surface area contributed by atoms with E-state index in [2.05, 4.69) is 48.1 Å². The zero-order valence-corrected chi connectivity index (χ0v) is 17.6. The fourth-order valence-electron chi connectivity index (χ4n) is 2.60. The van der Waals surface area contributed by atoms with Crippen LogP contribution in [0, 0.1) is 5.92 Å². The summed E-state index contributed by atoms with van der Waals surface area (Å²) >= 11 is 0. The number of nitrogens with zero attached hydrogens (tertiary/aromatic N) is 3. The van der Waals surface area contributed by atoms with Crippen molar-refractivity contribution in [1.82, 2.24) is 15.1 Å². The molecule has 3 N–H and O–H groups in total. The molecule has 0 aromatic rings. The lowest BCUT2D eigenvalue weighted by Gasteiger charge is -2.26. The Balaban J connectivity index is 0.00000484. The van der Waals surface area contributed by atoms with E-state index in [4.69, 9.17) is 10.5 Å². The number of guanidine groups is 1. The number of hydrogen-bond acceptors (Lipinski definition) is 4. The van der Waals surface area contributed by atoms with E-state index in [0.717, 1.165) is 58.8 Å². The first-order valence-corrected chi connectivity index (χ1v) is 8.49. The molecular weight excluding hydrogens is 405 g/mol.